The molecule has 118 valence electrons. The summed E-state index contributed by atoms with van der Waals surface area (Å²) in [6.45, 7) is 1.59. The molecule has 1 heteroatoms. The molecule has 0 saturated heterocycles. The van der Waals surface area contributed by atoms with Crippen molar-refractivity contribution in [3.05, 3.63) is 78.4 Å². The smallest absolute Gasteiger partial charge is 0.152 e. The number of hydrogen-bond acceptors (Lipinski definition) is 1. The molecule has 5 aromatic rings. The van der Waals surface area contributed by atoms with Crippen molar-refractivity contribution >= 4 is 54.9 Å². The molecule has 0 bridgehead atoms. The lowest BCUT2D eigenvalue weighted by Crippen LogP contribution is -1.79. The molecule has 0 aliphatic heterocycles. The van der Waals surface area contributed by atoms with Crippen LogP contribution in [-0.2, 0) is 4.79 Å². The Morgan fingerprint density at radius 1 is 0.680 bits per heavy atom. The summed E-state index contributed by atoms with van der Waals surface area (Å²) in [5, 5.41) is 10.1. The van der Waals surface area contributed by atoms with E-state index in [1.165, 1.54) is 43.1 Å². The largest absolute Gasteiger partial charge is 0.295 e. The SMILES string of the molecule is CC(=O)/C=C/c1c2cccccc2c2c3cccc4cccc(c12)c43. The lowest BCUT2D eigenvalue weighted by molar-refractivity contribution is -0.112. The lowest BCUT2D eigenvalue weighted by Gasteiger charge is -1.99. The van der Waals surface area contributed by atoms with E-state index >= 15 is 0 Å². The zero-order chi connectivity index (χ0) is 17.0. The molecule has 0 unspecified atom stereocenters. The fourth-order valence-corrected chi connectivity index (χ4v) is 4.10. The Morgan fingerprint density at radius 2 is 1.32 bits per heavy atom. The van der Waals surface area contributed by atoms with E-state index < -0.39 is 0 Å². The molecule has 0 aliphatic rings. The Bertz CT molecular complexity index is 1300. The van der Waals surface area contributed by atoms with Crippen LogP contribution in [0.3, 0.4) is 0 Å². The molecule has 5 aromatic carbocycles. The van der Waals surface area contributed by atoms with Crippen molar-refractivity contribution in [1.29, 1.82) is 0 Å². The van der Waals surface area contributed by atoms with Gasteiger partial charge >= 0.3 is 0 Å². The molecule has 1 nitrogen and oxygen atoms in total. The van der Waals surface area contributed by atoms with Crippen LogP contribution < -0.4 is 0 Å². The summed E-state index contributed by atoms with van der Waals surface area (Å²) < 4.78 is 0. The third kappa shape index (κ3) is 1.93. The number of carbonyl (C=O) groups excluding carboxylic acids is 1. The van der Waals surface area contributed by atoms with E-state index in [0.717, 1.165) is 5.56 Å². The molecule has 0 fully saturated rings. The van der Waals surface area contributed by atoms with Crippen LogP contribution in [0.1, 0.15) is 12.5 Å². The molecule has 0 aromatic heterocycles. The Hall–Kier alpha value is -3.19. The Kier molecular flexibility index (Phi) is 2.92. The van der Waals surface area contributed by atoms with Crippen molar-refractivity contribution < 1.29 is 4.79 Å². The molecule has 0 heterocycles. The molecule has 0 radical (unpaired) electrons. The van der Waals surface area contributed by atoms with E-state index in [-0.39, 0.29) is 5.78 Å². The Morgan fingerprint density at radius 3 is 2.04 bits per heavy atom. The van der Waals surface area contributed by atoms with E-state index in [1.54, 1.807) is 13.0 Å². The first-order valence-corrected chi connectivity index (χ1v) is 8.51. The van der Waals surface area contributed by atoms with Crippen LogP contribution >= 0.6 is 0 Å². The predicted octanol–water partition coefficient (Wildman–Crippen LogP) is 6.34. The standard InChI is InChI=1S/C24H16O/c1-15(25)13-14-19-17-9-3-2-4-10-18(17)23-20-11-5-7-16-8-6-12-21(22(16)20)24(19)23/h2-14H,1H3/b14-13+. The van der Waals surface area contributed by atoms with Gasteiger partial charge in [0.1, 0.15) is 0 Å². The van der Waals surface area contributed by atoms with Crippen molar-refractivity contribution in [2.24, 2.45) is 0 Å². The topological polar surface area (TPSA) is 17.1 Å². The highest BCUT2D eigenvalue weighted by atomic mass is 16.1. The van der Waals surface area contributed by atoms with Crippen LogP contribution in [0.25, 0.3) is 49.2 Å². The fraction of sp³-hybridized carbons (Fsp3) is 0.0417. The first kappa shape index (κ1) is 14.2. The molecule has 0 atom stereocenters. The average Bonchev–Trinajstić information content (AvgIpc) is 2.97. The van der Waals surface area contributed by atoms with Crippen molar-refractivity contribution in [3.63, 3.8) is 0 Å². The molecule has 0 aliphatic carbocycles. The van der Waals surface area contributed by atoms with Crippen molar-refractivity contribution in [3.8, 4) is 0 Å². The van der Waals surface area contributed by atoms with Gasteiger partial charge in [0.15, 0.2) is 5.78 Å². The maximum absolute atomic E-state index is 11.6. The number of benzene rings is 2. The molecule has 0 spiro atoms. The summed E-state index contributed by atoms with van der Waals surface area (Å²) in [6, 6.07) is 23.5. The van der Waals surface area contributed by atoms with E-state index in [1.807, 2.05) is 12.1 Å². The zero-order valence-corrected chi connectivity index (χ0v) is 13.9. The van der Waals surface area contributed by atoms with Crippen LogP contribution in [0.4, 0.5) is 0 Å². The van der Waals surface area contributed by atoms with Gasteiger partial charge in [0, 0.05) is 0 Å². The van der Waals surface area contributed by atoms with Gasteiger partial charge in [-0.3, -0.25) is 4.79 Å². The van der Waals surface area contributed by atoms with Crippen LogP contribution in [0.2, 0.25) is 0 Å². The Labute approximate surface area is 145 Å². The second-order valence-corrected chi connectivity index (χ2v) is 6.55. The minimum Gasteiger partial charge on any atom is -0.295 e. The number of fused-ring (bicyclic) bond motifs is 5. The van der Waals surface area contributed by atoms with Gasteiger partial charge < -0.3 is 0 Å². The molecule has 0 N–H and O–H groups in total. The van der Waals surface area contributed by atoms with Crippen molar-refractivity contribution in [2.45, 2.75) is 6.92 Å². The quantitative estimate of drug-likeness (QED) is 0.347. The molecular formula is C24H16O. The van der Waals surface area contributed by atoms with Gasteiger partial charge in [0.25, 0.3) is 0 Å². The highest BCUT2D eigenvalue weighted by Crippen LogP contribution is 2.46. The molecule has 0 amide bonds. The van der Waals surface area contributed by atoms with E-state index in [9.17, 15) is 4.79 Å². The first-order chi connectivity index (χ1) is 12.3. The average molecular weight is 320 g/mol. The molecular weight excluding hydrogens is 304 g/mol. The third-order valence-electron chi connectivity index (χ3n) is 5.05. The zero-order valence-electron chi connectivity index (χ0n) is 13.9. The number of hydrogen-bond donors (Lipinski definition) is 0. The molecule has 5 rings (SSSR count). The van der Waals surface area contributed by atoms with Gasteiger partial charge in [-0.1, -0.05) is 72.8 Å². The van der Waals surface area contributed by atoms with Gasteiger partial charge in [0.2, 0.25) is 0 Å². The van der Waals surface area contributed by atoms with Crippen molar-refractivity contribution in [2.75, 3.05) is 0 Å². The first-order valence-electron chi connectivity index (χ1n) is 8.51. The summed E-state index contributed by atoms with van der Waals surface area (Å²) in [4.78, 5) is 11.6. The van der Waals surface area contributed by atoms with E-state index in [0.29, 0.717) is 0 Å². The highest BCUT2D eigenvalue weighted by Gasteiger charge is 2.18. The molecule has 25 heavy (non-hydrogen) atoms. The van der Waals surface area contributed by atoms with Crippen LogP contribution in [-0.4, -0.2) is 5.78 Å². The number of carbonyl (C=O) groups is 1. The summed E-state index contributed by atoms with van der Waals surface area (Å²) in [7, 11) is 0. The van der Waals surface area contributed by atoms with Crippen molar-refractivity contribution in [1.82, 2.24) is 0 Å². The van der Waals surface area contributed by atoms with Gasteiger partial charge in [0.05, 0.1) is 0 Å². The lowest BCUT2D eigenvalue weighted by atomic mass is 10.0. The number of allylic oxidation sites excluding steroid dienone is 1. The second kappa shape index (κ2) is 5.15. The minimum absolute atomic E-state index is 0.0668. The number of ketones is 1. The maximum Gasteiger partial charge on any atom is 0.152 e. The van der Waals surface area contributed by atoms with Crippen LogP contribution in [0.5, 0.6) is 0 Å². The van der Waals surface area contributed by atoms with E-state index in [4.69, 9.17) is 0 Å². The minimum atomic E-state index is 0.0668. The second-order valence-electron chi connectivity index (χ2n) is 6.55. The third-order valence-corrected chi connectivity index (χ3v) is 5.05. The van der Waals surface area contributed by atoms with Gasteiger partial charge in [-0.25, -0.2) is 0 Å². The number of rotatable bonds is 2. The fourth-order valence-electron chi connectivity index (χ4n) is 4.10. The van der Waals surface area contributed by atoms with Crippen LogP contribution in [0.15, 0.2) is 72.8 Å². The summed E-state index contributed by atoms with van der Waals surface area (Å²) >= 11 is 0. The molecule has 0 saturated carbocycles. The highest BCUT2D eigenvalue weighted by molar-refractivity contribution is 6.39. The maximum atomic E-state index is 11.6. The Balaban J connectivity index is 2.13. The summed E-state index contributed by atoms with van der Waals surface area (Å²) in [6.07, 6.45) is 3.65. The summed E-state index contributed by atoms with van der Waals surface area (Å²) in [5.41, 5.74) is 1.14. The van der Waals surface area contributed by atoms with Gasteiger partial charge in [-0.2, -0.15) is 0 Å². The predicted molar refractivity (Wildman–Crippen MR) is 107 cm³/mol. The normalized spacial score (nSPS) is 12.2. The van der Waals surface area contributed by atoms with E-state index in [2.05, 4.69) is 60.7 Å². The monoisotopic (exact) mass is 320 g/mol. The van der Waals surface area contributed by atoms with Gasteiger partial charge in [-0.05, 0) is 61.7 Å². The summed E-state index contributed by atoms with van der Waals surface area (Å²) in [5.74, 6) is 0.0668. The van der Waals surface area contributed by atoms with Crippen LogP contribution in [0, 0.1) is 0 Å². The van der Waals surface area contributed by atoms with Gasteiger partial charge in [-0.15, -0.1) is 0 Å².